The Labute approximate surface area is 234 Å². The van der Waals surface area contributed by atoms with Crippen LogP contribution in [0.5, 0.6) is 0 Å². The number of nitrogens with one attached hydrogen (secondary N) is 1. The van der Waals surface area contributed by atoms with E-state index in [9.17, 15) is 4.79 Å². The summed E-state index contributed by atoms with van der Waals surface area (Å²) in [7, 11) is 0. The van der Waals surface area contributed by atoms with Crippen molar-refractivity contribution < 1.29 is 23.4 Å². The van der Waals surface area contributed by atoms with Gasteiger partial charge in [0.1, 0.15) is 17.2 Å². The zero-order valence-corrected chi connectivity index (χ0v) is 24.0. The van der Waals surface area contributed by atoms with Crippen molar-refractivity contribution in [1.29, 1.82) is 0 Å². The molecule has 0 saturated carbocycles. The summed E-state index contributed by atoms with van der Waals surface area (Å²) in [6, 6.07) is 8.25. The molecule has 2 fully saturated rings. The van der Waals surface area contributed by atoms with Gasteiger partial charge in [0.15, 0.2) is 5.79 Å². The minimum Gasteiger partial charge on any atom is -0.444 e. The Kier molecular flexibility index (Phi) is 8.21. The highest BCUT2D eigenvalue weighted by Gasteiger charge is 2.39. The summed E-state index contributed by atoms with van der Waals surface area (Å²) >= 11 is 1.47. The maximum absolute atomic E-state index is 15.7. The van der Waals surface area contributed by atoms with E-state index in [4.69, 9.17) is 14.2 Å². The SMILES string of the molecule is Cc1ccc(SNc2ncc(F)c(C3CCN(C(=O)OC(C)(C)C)CC3)c2C2=CCC3(CC2)OCCO3)cc1. The van der Waals surface area contributed by atoms with Crippen LogP contribution < -0.4 is 4.72 Å². The molecule has 1 aromatic carbocycles. The van der Waals surface area contributed by atoms with Crippen molar-refractivity contribution in [3.8, 4) is 0 Å². The maximum Gasteiger partial charge on any atom is 0.410 e. The topological polar surface area (TPSA) is 72.9 Å². The molecule has 0 atom stereocenters. The molecule has 1 aliphatic carbocycles. The van der Waals surface area contributed by atoms with Crippen molar-refractivity contribution in [3.05, 3.63) is 59.0 Å². The third-order valence-electron chi connectivity index (χ3n) is 7.48. The highest BCUT2D eigenvalue weighted by molar-refractivity contribution is 8.00. The lowest BCUT2D eigenvalue weighted by atomic mass is 9.81. The standard InChI is InChI=1S/C30H38FN3O4S/c1-20-5-7-23(8-6-20)39-33-27-26(21-9-13-30(14-10-21)36-17-18-37-30)25(24(31)19-32-27)22-11-15-34(16-12-22)28(35)38-29(2,3)4/h5-9,19,22H,10-18H2,1-4H3,(H,32,33). The van der Waals surface area contributed by atoms with Gasteiger partial charge < -0.3 is 23.8 Å². The van der Waals surface area contributed by atoms with Crippen LogP contribution in [-0.2, 0) is 14.2 Å². The molecule has 5 rings (SSSR count). The number of aryl methyl sites for hydroxylation is 1. The number of hydrogen-bond donors (Lipinski definition) is 1. The maximum atomic E-state index is 15.7. The van der Waals surface area contributed by atoms with Gasteiger partial charge in [0.2, 0.25) is 0 Å². The molecule has 210 valence electrons. The summed E-state index contributed by atoms with van der Waals surface area (Å²) in [6.45, 7) is 9.90. The molecule has 1 amide bonds. The highest BCUT2D eigenvalue weighted by Crippen LogP contribution is 2.45. The van der Waals surface area contributed by atoms with E-state index in [1.54, 1.807) is 4.90 Å². The number of anilines is 1. The fourth-order valence-corrected chi connectivity index (χ4v) is 6.13. The summed E-state index contributed by atoms with van der Waals surface area (Å²) in [5.74, 6) is -0.251. The average Bonchev–Trinajstić information content (AvgIpc) is 3.36. The van der Waals surface area contributed by atoms with Gasteiger partial charge in [0.25, 0.3) is 0 Å². The van der Waals surface area contributed by atoms with Gasteiger partial charge in [-0.2, -0.15) is 0 Å². The molecule has 2 aromatic rings. The van der Waals surface area contributed by atoms with E-state index in [0.29, 0.717) is 63.4 Å². The van der Waals surface area contributed by atoms with Crippen LogP contribution in [0.3, 0.4) is 0 Å². The number of carbonyl (C=O) groups is 1. The second-order valence-electron chi connectivity index (χ2n) is 11.5. The van der Waals surface area contributed by atoms with Crippen molar-refractivity contribution >= 4 is 29.4 Å². The molecule has 1 spiro atoms. The molecule has 39 heavy (non-hydrogen) atoms. The summed E-state index contributed by atoms with van der Waals surface area (Å²) in [5, 5.41) is 0. The number of benzene rings is 1. The van der Waals surface area contributed by atoms with Gasteiger partial charge in [-0.25, -0.2) is 14.2 Å². The Bertz CT molecular complexity index is 1210. The van der Waals surface area contributed by atoms with Crippen LogP contribution in [-0.4, -0.2) is 53.7 Å². The molecule has 3 heterocycles. The minimum atomic E-state index is -0.562. The van der Waals surface area contributed by atoms with Crippen LogP contribution in [0, 0.1) is 12.7 Å². The number of carbonyl (C=O) groups excluding carboxylic acids is 1. The van der Waals surface area contributed by atoms with Crippen LogP contribution >= 0.6 is 11.9 Å². The summed E-state index contributed by atoms with van der Waals surface area (Å²) < 4.78 is 36.5. The van der Waals surface area contributed by atoms with Crippen LogP contribution in [0.2, 0.25) is 0 Å². The molecule has 1 N–H and O–H groups in total. The molecule has 3 aliphatic rings. The number of allylic oxidation sites excluding steroid dienone is 1. The lowest BCUT2D eigenvalue weighted by Gasteiger charge is -2.35. The monoisotopic (exact) mass is 555 g/mol. The Morgan fingerprint density at radius 2 is 1.87 bits per heavy atom. The number of halogens is 1. The van der Waals surface area contributed by atoms with Gasteiger partial charge in [0, 0.05) is 42.0 Å². The lowest BCUT2D eigenvalue weighted by Crippen LogP contribution is -2.41. The molecule has 2 aliphatic heterocycles. The Balaban J connectivity index is 1.42. The molecule has 9 heteroatoms. The van der Waals surface area contributed by atoms with E-state index in [-0.39, 0.29) is 17.8 Å². The van der Waals surface area contributed by atoms with Crippen LogP contribution in [0.1, 0.15) is 75.5 Å². The zero-order valence-electron chi connectivity index (χ0n) is 23.2. The van der Waals surface area contributed by atoms with Crippen molar-refractivity contribution in [1.82, 2.24) is 9.88 Å². The third-order valence-corrected chi connectivity index (χ3v) is 8.28. The van der Waals surface area contributed by atoms with E-state index in [1.807, 2.05) is 20.8 Å². The van der Waals surface area contributed by atoms with E-state index in [0.717, 1.165) is 22.5 Å². The smallest absolute Gasteiger partial charge is 0.410 e. The summed E-state index contributed by atoms with van der Waals surface area (Å²) in [4.78, 5) is 19.9. The van der Waals surface area contributed by atoms with E-state index >= 15 is 4.39 Å². The molecule has 7 nitrogen and oxygen atoms in total. The Hall–Kier alpha value is -2.62. The quantitative estimate of drug-likeness (QED) is 0.396. The van der Waals surface area contributed by atoms with Gasteiger partial charge in [-0.15, -0.1) is 0 Å². The molecular weight excluding hydrogens is 517 g/mol. The number of pyridine rings is 1. The average molecular weight is 556 g/mol. The predicted molar refractivity (Wildman–Crippen MR) is 151 cm³/mol. The number of rotatable bonds is 5. The first-order valence-electron chi connectivity index (χ1n) is 13.8. The summed E-state index contributed by atoms with van der Waals surface area (Å²) in [6.07, 6.45) is 6.50. The number of hydrogen-bond acceptors (Lipinski definition) is 7. The molecular formula is C30H38FN3O4S. The first-order valence-corrected chi connectivity index (χ1v) is 14.6. The van der Waals surface area contributed by atoms with Gasteiger partial charge in [-0.05, 0) is 82.5 Å². The Morgan fingerprint density at radius 1 is 1.18 bits per heavy atom. The van der Waals surface area contributed by atoms with Gasteiger partial charge in [-0.1, -0.05) is 23.8 Å². The normalized spacial score (nSPS) is 19.7. The second-order valence-corrected chi connectivity index (χ2v) is 12.4. The van der Waals surface area contributed by atoms with E-state index in [1.165, 1.54) is 23.7 Å². The Morgan fingerprint density at radius 3 is 2.49 bits per heavy atom. The first-order chi connectivity index (χ1) is 18.6. The molecule has 2 saturated heterocycles. The van der Waals surface area contributed by atoms with Crippen LogP contribution in [0.25, 0.3) is 5.57 Å². The van der Waals surface area contributed by atoms with Gasteiger partial charge in [0.05, 0.1) is 19.4 Å². The van der Waals surface area contributed by atoms with E-state index < -0.39 is 11.4 Å². The summed E-state index contributed by atoms with van der Waals surface area (Å²) in [5.41, 5.74) is 3.21. The predicted octanol–water partition coefficient (Wildman–Crippen LogP) is 7.07. The van der Waals surface area contributed by atoms with E-state index in [2.05, 4.69) is 47.0 Å². The number of likely N-dealkylation sites (tertiary alicyclic amines) is 1. The second kappa shape index (κ2) is 11.5. The number of amides is 1. The van der Waals surface area contributed by atoms with Crippen molar-refractivity contribution in [3.63, 3.8) is 0 Å². The number of ether oxygens (including phenoxy) is 3. The highest BCUT2D eigenvalue weighted by atomic mass is 32.2. The fourth-order valence-electron chi connectivity index (χ4n) is 5.49. The van der Waals surface area contributed by atoms with Gasteiger partial charge in [-0.3, -0.25) is 0 Å². The van der Waals surface area contributed by atoms with Crippen LogP contribution in [0.15, 0.2) is 41.4 Å². The molecule has 0 radical (unpaired) electrons. The lowest BCUT2D eigenvalue weighted by molar-refractivity contribution is -0.159. The van der Waals surface area contributed by atoms with Crippen LogP contribution in [0.4, 0.5) is 15.0 Å². The number of nitrogens with zero attached hydrogens (tertiary/aromatic N) is 2. The minimum absolute atomic E-state index is 0.0395. The van der Waals surface area contributed by atoms with Crippen molar-refractivity contribution in [2.75, 3.05) is 31.0 Å². The molecule has 0 bridgehead atoms. The molecule has 1 aromatic heterocycles. The number of piperidine rings is 1. The zero-order chi connectivity index (χ0) is 27.6. The van der Waals surface area contributed by atoms with Crippen molar-refractivity contribution in [2.45, 2.75) is 82.0 Å². The first kappa shape index (κ1) is 27.9. The number of aromatic nitrogens is 1. The largest absolute Gasteiger partial charge is 0.444 e. The third kappa shape index (κ3) is 6.58. The van der Waals surface area contributed by atoms with Crippen molar-refractivity contribution in [2.24, 2.45) is 0 Å². The molecule has 0 unspecified atom stereocenters. The van der Waals surface area contributed by atoms with Gasteiger partial charge >= 0.3 is 6.09 Å². The fraction of sp³-hybridized carbons (Fsp3) is 0.533.